The Balaban J connectivity index is 2.84. The molecule has 1 aromatic carbocycles. The second kappa shape index (κ2) is 8.52. The molecule has 0 unspecified atom stereocenters. The van der Waals surface area contributed by atoms with Crippen molar-refractivity contribution in [2.45, 2.75) is 6.92 Å². The molecule has 1 aromatic rings. The summed E-state index contributed by atoms with van der Waals surface area (Å²) in [5, 5.41) is 0. The summed E-state index contributed by atoms with van der Waals surface area (Å²) in [6, 6.07) is 5.38. The molecule has 0 bridgehead atoms. The average Bonchev–Trinajstić information content (AvgIpc) is 2.46. The number of anilines is 1. The van der Waals surface area contributed by atoms with Crippen molar-refractivity contribution < 1.29 is 14.3 Å². The number of rotatable bonds is 8. The summed E-state index contributed by atoms with van der Waals surface area (Å²) in [5.74, 6) is 5.35. The Morgan fingerprint density at radius 3 is 2.30 bits per heavy atom. The van der Waals surface area contributed by atoms with E-state index in [0.29, 0.717) is 31.9 Å². The second-order valence-corrected chi connectivity index (χ2v) is 4.45. The van der Waals surface area contributed by atoms with Gasteiger partial charge in [-0.05, 0) is 30.7 Å². The quantitative estimate of drug-likeness (QED) is 0.549. The number of nitrogens with one attached hydrogen (secondary N) is 1. The molecule has 112 valence electrons. The van der Waals surface area contributed by atoms with E-state index >= 15 is 0 Å². The van der Waals surface area contributed by atoms with E-state index in [4.69, 9.17) is 15.3 Å². The summed E-state index contributed by atoms with van der Waals surface area (Å²) in [6.07, 6.45) is 0. The van der Waals surface area contributed by atoms with Gasteiger partial charge in [-0.1, -0.05) is 0 Å². The zero-order chi connectivity index (χ0) is 15.0. The third-order valence-corrected chi connectivity index (χ3v) is 3.05. The highest BCUT2D eigenvalue weighted by Gasteiger charge is 2.16. The van der Waals surface area contributed by atoms with Gasteiger partial charge in [0.05, 0.1) is 18.9 Å². The van der Waals surface area contributed by atoms with Gasteiger partial charge in [0.2, 0.25) is 0 Å². The molecule has 0 saturated heterocycles. The maximum atomic E-state index is 12.5. The number of carbonyl (C=O) groups excluding carboxylic acids is 1. The van der Waals surface area contributed by atoms with Crippen molar-refractivity contribution in [1.82, 2.24) is 4.90 Å². The topological polar surface area (TPSA) is 76.8 Å². The molecular formula is C14H23N3O3. The van der Waals surface area contributed by atoms with Crippen LogP contribution in [-0.2, 0) is 9.47 Å². The molecule has 0 aliphatic rings. The van der Waals surface area contributed by atoms with Gasteiger partial charge >= 0.3 is 0 Å². The van der Waals surface area contributed by atoms with Crippen LogP contribution in [0.15, 0.2) is 18.2 Å². The number of carbonyl (C=O) groups is 1. The van der Waals surface area contributed by atoms with Crippen molar-refractivity contribution in [2.24, 2.45) is 5.84 Å². The number of hydrazine groups is 1. The van der Waals surface area contributed by atoms with Crippen LogP contribution >= 0.6 is 0 Å². The predicted octanol–water partition coefficient (Wildman–Crippen LogP) is 1.02. The number of hydrogen-bond acceptors (Lipinski definition) is 5. The Kier molecular flexibility index (Phi) is 7.00. The fourth-order valence-corrected chi connectivity index (χ4v) is 1.86. The molecule has 0 fully saturated rings. The van der Waals surface area contributed by atoms with Gasteiger partial charge in [-0.2, -0.15) is 0 Å². The minimum absolute atomic E-state index is 0.0363. The first-order valence-electron chi connectivity index (χ1n) is 6.48. The standard InChI is InChI=1S/C14H23N3O3/c1-11-10-12(4-5-13(11)16-15)14(18)17(6-8-19-2)7-9-20-3/h4-5,10,16H,6-9,15H2,1-3H3. The maximum absolute atomic E-state index is 12.5. The van der Waals surface area contributed by atoms with Crippen molar-refractivity contribution in [2.75, 3.05) is 45.9 Å². The van der Waals surface area contributed by atoms with Crippen LogP contribution in [0, 0.1) is 6.92 Å². The number of methoxy groups -OCH3 is 2. The highest BCUT2D eigenvalue weighted by Crippen LogP contribution is 2.16. The van der Waals surface area contributed by atoms with Crippen LogP contribution in [0.3, 0.4) is 0 Å². The Morgan fingerprint density at radius 2 is 1.85 bits per heavy atom. The summed E-state index contributed by atoms with van der Waals surface area (Å²) in [7, 11) is 3.23. The van der Waals surface area contributed by atoms with Crippen LogP contribution in [0.5, 0.6) is 0 Å². The van der Waals surface area contributed by atoms with E-state index in [1.54, 1.807) is 31.3 Å². The van der Waals surface area contributed by atoms with Gasteiger partial charge < -0.3 is 19.8 Å². The highest BCUT2D eigenvalue weighted by molar-refractivity contribution is 5.95. The number of benzene rings is 1. The Bertz CT molecular complexity index is 430. The average molecular weight is 281 g/mol. The van der Waals surface area contributed by atoms with E-state index in [2.05, 4.69) is 5.43 Å². The molecule has 1 rings (SSSR count). The lowest BCUT2D eigenvalue weighted by molar-refractivity contribution is 0.0627. The third-order valence-electron chi connectivity index (χ3n) is 3.05. The largest absolute Gasteiger partial charge is 0.383 e. The number of nitrogens with zero attached hydrogens (tertiary/aromatic N) is 1. The molecule has 0 heterocycles. The summed E-state index contributed by atoms with van der Waals surface area (Å²) < 4.78 is 10.1. The van der Waals surface area contributed by atoms with Crippen LogP contribution in [0.1, 0.15) is 15.9 Å². The molecule has 1 amide bonds. The molecule has 6 heteroatoms. The number of nitrogen functional groups attached to an aromatic ring is 1. The van der Waals surface area contributed by atoms with Gasteiger partial charge in [-0.3, -0.25) is 10.6 Å². The molecule has 0 aliphatic carbocycles. The maximum Gasteiger partial charge on any atom is 0.254 e. The lowest BCUT2D eigenvalue weighted by Crippen LogP contribution is -2.36. The number of ether oxygens (including phenoxy) is 2. The van der Waals surface area contributed by atoms with E-state index in [1.165, 1.54) is 0 Å². The summed E-state index contributed by atoms with van der Waals surface area (Å²) >= 11 is 0. The van der Waals surface area contributed by atoms with Crippen LogP contribution in [-0.4, -0.2) is 51.3 Å². The van der Waals surface area contributed by atoms with E-state index in [1.807, 2.05) is 13.0 Å². The first-order chi connectivity index (χ1) is 9.63. The highest BCUT2D eigenvalue weighted by atomic mass is 16.5. The minimum atomic E-state index is -0.0363. The molecule has 0 aromatic heterocycles. The SMILES string of the molecule is COCCN(CCOC)C(=O)c1ccc(NN)c(C)c1. The van der Waals surface area contributed by atoms with Gasteiger partial charge in [0, 0.05) is 32.9 Å². The van der Waals surface area contributed by atoms with E-state index in [0.717, 1.165) is 11.3 Å². The molecule has 0 radical (unpaired) electrons. The molecule has 0 saturated carbocycles. The summed E-state index contributed by atoms with van der Waals surface area (Å²) in [6.45, 7) is 3.97. The Morgan fingerprint density at radius 1 is 1.25 bits per heavy atom. The Labute approximate surface area is 119 Å². The lowest BCUT2D eigenvalue weighted by Gasteiger charge is -2.22. The van der Waals surface area contributed by atoms with Crippen molar-refractivity contribution in [3.05, 3.63) is 29.3 Å². The van der Waals surface area contributed by atoms with Crippen molar-refractivity contribution in [3.63, 3.8) is 0 Å². The minimum Gasteiger partial charge on any atom is -0.383 e. The predicted molar refractivity (Wildman–Crippen MR) is 78.6 cm³/mol. The molecule has 0 atom stereocenters. The monoisotopic (exact) mass is 281 g/mol. The van der Waals surface area contributed by atoms with Crippen molar-refractivity contribution in [1.29, 1.82) is 0 Å². The number of amides is 1. The van der Waals surface area contributed by atoms with Crippen molar-refractivity contribution in [3.8, 4) is 0 Å². The molecule has 6 nitrogen and oxygen atoms in total. The van der Waals surface area contributed by atoms with Crippen LogP contribution in [0.4, 0.5) is 5.69 Å². The first-order valence-corrected chi connectivity index (χ1v) is 6.48. The van der Waals surface area contributed by atoms with Gasteiger partial charge in [0.25, 0.3) is 5.91 Å². The molecular weight excluding hydrogens is 258 g/mol. The fraction of sp³-hybridized carbons (Fsp3) is 0.500. The normalized spacial score (nSPS) is 10.4. The molecule has 0 aliphatic heterocycles. The molecule has 0 spiro atoms. The number of hydrogen-bond donors (Lipinski definition) is 2. The number of nitrogens with two attached hydrogens (primary N) is 1. The third kappa shape index (κ3) is 4.48. The van der Waals surface area contributed by atoms with E-state index in [-0.39, 0.29) is 5.91 Å². The van der Waals surface area contributed by atoms with Gasteiger partial charge in [0.1, 0.15) is 0 Å². The zero-order valence-corrected chi connectivity index (χ0v) is 12.3. The van der Waals surface area contributed by atoms with Gasteiger partial charge in [-0.25, -0.2) is 0 Å². The number of aryl methyl sites for hydroxylation is 1. The van der Waals surface area contributed by atoms with E-state index in [9.17, 15) is 4.79 Å². The lowest BCUT2D eigenvalue weighted by atomic mass is 10.1. The smallest absolute Gasteiger partial charge is 0.254 e. The van der Waals surface area contributed by atoms with E-state index < -0.39 is 0 Å². The van der Waals surface area contributed by atoms with Gasteiger partial charge in [0.15, 0.2) is 0 Å². The van der Waals surface area contributed by atoms with Gasteiger partial charge in [-0.15, -0.1) is 0 Å². The fourth-order valence-electron chi connectivity index (χ4n) is 1.86. The molecule has 20 heavy (non-hydrogen) atoms. The summed E-state index contributed by atoms with van der Waals surface area (Å²) in [5.41, 5.74) is 4.96. The Hall–Kier alpha value is -1.63. The first kappa shape index (κ1) is 16.4. The molecule has 3 N–H and O–H groups in total. The summed E-state index contributed by atoms with van der Waals surface area (Å²) in [4.78, 5) is 14.2. The van der Waals surface area contributed by atoms with Crippen LogP contribution in [0.2, 0.25) is 0 Å². The zero-order valence-electron chi connectivity index (χ0n) is 12.3. The van der Waals surface area contributed by atoms with Crippen LogP contribution < -0.4 is 11.3 Å². The van der Waals surface area contributed by atoms with Crippen LogP contribution in [0.25, 0.3) is 0 Å². The van der Waals surface area contributed by atoms with Crippen molar-refractivity contribution >= 4 is 11.6 Å². The second-order valence-electron chi connectivity index (χ2n) is 4.45.